The summed E-state index contributed by atoms with van der Waals surface area (Å²) in [6.07, 6.45) is 3.25. The monoisotopic (exact) mass is 341 g/mol. The van der Waals surface area contributed by atoms with Crippen molar-refractivity contribution < 1.29 is 23.5 Å². The van der Waals surface area contributed by atoms with Gasteiger partial charge in [0.1, 0.15) is 0 Å². The van der Waals surface area contributed by atoms with Gasteiger partial charge in [-0.1, -0.05) is 0 Å². The molecule has 0 spiro atoms. The van der Waals surface area contributed by atoms with E-state index < -0.39 is 23.6 Å². The average Bonchev–Trinajstić information content (AvgIpc) is 2.55. The van der Waals surface area contributed by atoms with Crippen LogP contribution in [0.3, 0.4) is 0 Å². The fourth-order valence-electron chi connectivity index (χ4n) is 2.64. The van der Waals surface area contributed by atoms with Crippen LogP contribution < -0.4 is 15.5 Å². The number of halogens is 2. The molecule has 1 saturated heterocycles. The molecule has 1 aromatic carbocycles. The van der Waals surface area contributed by atoms with E-state index in [2.05, 4.69) is 10.6 Å². The summed E-state index contributed by atoms with van der Waals surface area (Å²) in [6.45, 7) is 1.63. The third-order valence-corrected chi connectivity index (χ3v) is 3.84. The molecule has 132 valence electrons. The first-order chi connectivity index (χ1) is 11.5. The number of hydrogen-bond acceptors (Lipinski definition) is 3. The van der Waals surface area contributed by atoms with Crippen LogP contribution in [0, 0.1) is 11.6 Å². The first-order valence-electron chi connectivity index (χ1n) is 7.98. The van der Waals surface area contributed by atoms with Gasteiger partial charge in [0.05, 0.1) is 11.4 Å². The highest BCUT2D eigenvalue weighted by Crippen LogP contribution is 2.30. The van der Waals surface area contributed by atoms with Crippen molar-refractivity contribution in [1.82, 2.24) is 5.32 Å². The maximum Gasteiger partial charge on any atom is 0.319 e. The number of hydrogen-bond donors (Lipinski definition) is 3. The SMILES string of the molecule is O=C(O)CCCNC(=O)Nc1cc(F)c(F)cc1N1CCCCC1. The minimum Gasteiger partial charge on any atom is -0.481 e. The van der Waals surface area contributed by atoms with Gasteiger partial charge in [-0.25, -0.2) is 13.6 Å². The highest BCUT2D eigenvalue weighted by atomic mass is 19.2. The summed E-state index contributed by atoms with van der Waals surface area (Å²) >= 11 is 0. The molecule has 6 nitrogen and oxygen atoms in total. The minimum absolute atomic E-state index is 0.0511. The van der Waals surface area contributed by atoms with Crippen molar-refractivity contribution in [2.45, 2.75) is 32.1 Å². The smallest absolute Gasteiger partial charge is 0.319 e. The maximum atomic E-state index is 13.6. The lowest BCUT2D eigenvalue weighted by Gasteiger charge is -2.30. The number of benzene rings is 1. The quantitative estimate of drug-likeness (QED) is 0.695. The summed E-state index contributed by atoms with van der Waals surface area (Å²) < 4.78 is 27.1. The molecule has 2 rings (SSSR count). The molecule has 0 radical (unpaired) electrons. The molecule has 0 saturated carbocycles. The molecule has 1 aliphatic rings. The lowest BCUT2D eigenvalue weighted by atomic mass is 10.1. The van der Waals surface area contributed by atoms with Gasteiger partial charge in [0.15, 0.2) is 11.6 Å². The largest absolute Gasteiger partial charge is 0.481 e. The Kier molecular flexibility index (Phi) is 6.34. The van der Waals surface area contributed by atoms with E-state index in [9.17, 15) is 18.4 Å². The molecule has 3 N–H and O–H groups in total. The first-order valence-corrected chi connectivity index (χ1v) is 7.98. The molecule has 24 heavy (non-hydrogen) atoms. The van der Waals surface area contributed by atoms with Gasteiger partial charge in [-0.3, -0.25) is 4.79 Å². The molecule has 1 heterocycles. The summed E-state index contributed by atoms with van der Waals surface area (Å²) in [6, 6.07) is 1.49. The summed E-state index contributed by atoms with van der Waals surface area (Å²) in [5, 5.41) is 13.6. The predicted octanol–water partition coefficient (Wildman–Crippen LogP) is 2.94. The van der Waals surface area contributed by atoms with Gasteiger partial charge in [-0.15, -0.1) is 0 Å². The minimum atomic E-state index is -1.03. The van der Waals surface area contributed by atoms with E-state index in [4.69, 9.17) is 5.11 Å². The van der Waals surface area contributed by atoms with Crippen molar-refractivity contribution in [3.8, 4) is 0 Å². The van der Waals surface area contributed by atoms with Crippen LogP contribution in [0.15, 0.2) is 12.1 Å². The molecule has 0 aromatic heterocycles. The number of aliphatic carboxylic acids is 1. The number of nitrogens with one attached hydrogen (secondary N) is 2. The molecule has 1 aromatic rings. The molecular formula is C16H21F2N3O3. The molecule has 2 amide bonds. The van der Waals surface area contributed by atoms with Gasteiger partial charge in [-0.2, -0.15) is 0 Å². The molecule has 0 unspecified atom stereocenters. The number of carbonyl (C=O) groups excluding carboxylic acids is 1. The highest BCUT2D eigenvalue weighted by Gasteiger charge is 2.19. The molecular weight excluding hydrogens is 320 g/mol. The molecule has 0 atom stereocenters. The Morgan fingerprint density at radius 3 is 2.46 bits per heavy atom. The Morgan fingerprint density at radius 1 is 1.12 bits per heavy atom. The molecule has 0 bridgehead atoms. The molecule has 1 fully saturated rings. The zero-order valence-corrected chi connectivity index (χ0v) is 13.3. The first kappa shape index (κ1) is 18.0. The van der Waals surface area contributed by atoms with Crippen LogP contribution in [-0.2, 0) is 4.79 Å². The molecule has 1 aliphatic heterocycles. The Morgan fingerprint density at radius 2 is 1.79 bits per heavy atom. The predicted molar refractivity (Wildman–Crippen MR) is 86.3 cm³/mol. The average molecular weight is 341 g/mol. The summed E-state index contributed by atoms with van der Waals surface area (Å²) in [5.41, 5.74) is 0.654. The van der Waals surface area contributed by atoms with E-state index in [-0.39, 0.29) is 18.7 Å². The van der Waals surface area contributed by atoms with Crippen molar-refractivity contribution in [3.05, 3.63) is 23.8 Å². The van der Waals surface area contributed by atoms with E-state index >= 15 is 0 Å². The number of carboxylic acids is 1. The van der Waals surface area contributed by atoms with Crippen molar-refractivity contribution in [3.63, 3.8) is 0 Å². The third-order valence-electron chi connectivity index (χ3n) is 3.84. The van der Waals surface area contributed by atoms with Gasteiger partial charge >= 0.3 is 12.0 Å². The van der Waals surface area contributed by atoms with Crippen LogP contribution in [0.4, 0.5) is 25.0 Å². The summed E-state index contributed by atoms with van der Waals surface area (Å²) in [7, 11) is 0. The number of amides is 2. The summed E-state index contributed by atoms with van der Waals surface area (Å²) in [4.78, 5) is 24.2. The van der Waals surface area contributed by atoms with Crippen LogP contribution in [0.2, 0.25) is 0 Å². The van der Waals surface area contributed by atoms with E-state index in [1.807, 2.05) is 4.90 Å². The second-order valence-electron chi connectivity index (χ2n) is 5.71. The van der Waals surface area contributed by atoms with Crippen LogP contribution in [0.5, 0.6) is 0 Å². The van der Waals surface area contributed by atoms with Crippen molar-refractivity contribution >= 4 is 23.4 Å². The third kappa shape index (κ3) is 5.07. The Bertz CT molecular complexity index is 604. The zero-order chi connectivity index (χ0) is 17.5. The standard InChI is InChI=1S/C16H21F2N3O3/c17-11-9-13(20-16(24)19-6-4-5-15(22)23)14(10-12(11)18)21-7-2-1-3-8-21/h9-10H,1-8H2,(H,22,23)(H2,19,20,24). The fraction of sp³-hybridized carbons (Fsp3) is 0.500. The maximum absolute atomic E-state index is 13.6. The van der Waals surface area contributed by atoms with Gasteiger partial charge in [-0.05, 0) is 25.7 Å². The van der Waals surface area contributed by atoms with Crippen LogP contribution in [0.1, 0.15) is 32.1 Å². The number of carboxylic acid groups (broad SMARTS) is 1. The van der Waals surface area contributed by atoms with Crippen LogP contribution in [0.25, 0.3) is 0 Å². The topological polar surface area (TPSA) is 81.7 Å². The summed E-state index contributed by atoms with van der Waals surface area (Å²) in [5.74, 6) is -2.93. The second kappa shape index (κ2) is 8.47. The van der Waals surface area contributed by atoms with E-state index in [1.165, 1.54) is 0 Å². The van der Waals surface area contributed by atoms with Gasteiger partial charge in [0, 0.05) is 38.2 Å². The normalized spacial score (nSPS) is 14.3. The van der Waals surface area contributed by atoms with Crippen LogP contribution in [-0.4, -0.2) is 36.7 Å². The van der Waals surface area contributed by atoms with E-state index in [0.29, 0.717) is 12.1 Å². The lowest BCUT2D eigenvalue weighted by Crippen LogP contribution is -2.33. The van der Waals surface area contributed by atoms with Crippen LogP contribution >= 0.6 is 0 Å². The number of urea groups is 1. The Labute approximate surface area is 138 Å². The Hall–Kier alpha value is -2.38. The zero-order valence-electron chi connectivity index (χ0n) is 13.3. The van der Waals surface area contributed by atoms with Gasteiger partial charge in [0.25, 0.3) is 0 Å². The Balaban J connectivity index is 2.03. The number of carbonyl (C=O) groups is 2. The van der Waals surface area contributed by atoms with Gasteiger partial charge in [0.2, 0.25) is 0 Å². The van der Waals surface area contributed by atoms with E-state index in [0.717, 1.165) is 44.5 Å². The highest BCUT2D eigenvalue weighted by molar-refractivity contribution is 5.93. The van der Waals surface area contributed by atoms with E-state index in [1.54, 1.807) is 0 Å². The van der Waals surface area contributed by atoms with Crippen molar-refractivity contribution in [1.29, 1.82) is 0 Å². The number of piperidine rings is 1. The van der Waals surface area contributed by atoms with Crippen molar-refractivity contribution in [2.24, 2.45) is 0 Å². The molecule has 0 aliphatic carbocycles. The number of rotatable bonds is 6. The molecule has 8 heteroatoms. The number of nitrogens with zero attached hydrogens (tertiary/aromatic N) is 1. The van der Waals surface area contributed by atoms with Crippen molar-refractivity contribution in [2.75, 3.05) is 29.9 Å². The lowest BCUT2D eigenvalue weighted by molar-refractivity contribution is -0.137. The van der Waals surface area contributed by atoms with Gasteiger partial charge < -0.3 is 20.6 Å². The fourth-order valence-corrected chi connectivity index (χ4v) is 2.64. The number of anilines is 2. The second-order valence-corrected chi connectivity index (χ2v) is 5.71.